The first-order valence-electron chi connectivity index (χ1n) is 5.59. The van der Waals surface area contributed by atoms with Gasteiger partial charge in [0.1, 0.15) is 0 Å². The average Bonchev–Trinajstić information content (AvgIpc) is 2.26. The molecule has 0 aliphatic carbocycles. The molecule has 1 atom stereocenters. The molecule has 1 amide bonds. The Morgan fingerprint density at radius 1 is 1.47 bits per heavy atom. The Morgan fingerprint density at radius 3 is 2.53 bits per heavy atom. The van der Waals surface area contributed by atoms with Crippen molar-refractivity contribution in [3.63, 3.8) is 0 Å². The number of amides is 1. The molecule has 0 aromatic rings. The van der Waals surface area contributed by atoms with Crippen LogP contribution in [0.3, 0.4) is 0 Å². The van der Waals surface area contributed by atoms with Crippen LogP contribution in [0.5, 0.6) is 0 Å². The molecule has 1 unspecified atom stereocenters. The van der Waals surface area contributed by atoms with E-state index in [1.807, 2.05) is 0 Å². The number of carbonyl (C=O) groups excluding carboxylic acids is 1. The van der Waals surface area contributed by atoms with Gasteiger partial charge in [-0.05, 0) is 18.8 Å². The molecule has 0 saturated carbocycles. The predicted molar refractivity (Wildman–Crippen MR) is 69.2 cm³/mol. The fraction of sp³-hybridized carbons (Fsp3) is 0.909. The number of carbonyl (C=O) groups is 1. The molecular weight excluding hydrogens is 305 g/mol. The monoisotopic (exact) mass is 325 g/mol. The number of halogens is 1. The van der Waals surface area contributed by atoms with Crippen LogP contribution in [0.15, 0.2) is 0 Å². The van der Waals surface area contributed by atoms with Crippen molar-refractivity contribution in [2.24, 2.45) is 11.8 Å². The van der Waals surface area contributed by atoms with Crippen molar-refractivity contribution in [3.05, 3.63) is 0 Å². The Hall–Kier alpha value is 0.160. The highest BCUT2D eigenvalue weighted by atomic mass is 127. The lowest BCUT2D eigenvalue weighted by molar-refractivity contribution is -0.128. The van der Waals surface area contributed by atoms with Gasteiger partial charge in [0.15, 0.2) is 0 Å². The largest absolute Gasteiger partial charge is 0.381 e. The number of rotatable bonds is 4. The highest BCUT2D eigenvalue weighted by Gasteiger charge is 2.24. The molecule has 4 heteroatoms. The zero-order valence-electron chi connectivity index (χ0n) is 9.46. The van der Waals surface area contributed by atoms with Crippen molar-refractivity contribution in [3.8, 4) is 0 Å². The van der Waals surface area contributed by atoms with E-state index in [2.05, 4.69) is 41.8 Å². The number of hydrogen-bond acceptors (Lipinski definition) is 2. The Kier molecular flexibility index (Phi) is 5.89. The molecule has 1 saturated heterocycles. The summed E-state index contributed by atoms with van der Waals surface area (Å²) >= 11 is 2.33. The van der Waals surface area contributed by atoms with E-state index in [0.717, 1.165) is 30.5 Å². The van der Waals surface area contributed by atoms with Crippen LogP contribution in [-0.2, 0) is 9.53 Å². The maximum Gasteiger partial charge on any atom is 0.223 e. The fourth-order valence-electron chi connectivity index (χ4n) is 1.64. The van der Waals surface area contributed by atoms with Crippen LogP contribution in [0, 0.1) is 11.8 Å². The molecule has 3 nitrogen and oxygen atoms in total. The second kappa shape index (κ2) is 6.68. The van der Waals surface area contributed by atoms with Crippen molar-refractivity contribution >= 4 is 28.5 Å². The Bertz CT molecular complexity index is 203. The molecule has 0 radical (unpaired) electrons. The van der Waals surface area contributed by atoms with Gasteiger partial charge in [0, 0.05) is 29.6 Å². The van der Waals surface area contributed by atoms with Crippen molar-refractivity contribution in [2.45, 2.75) is 32.7 Å². The first-order valence-corrected chi connectivity index (χ1v) is 7.11. The Morgan fingerprint density at radius 2 is 2.07 bits per heavy atom. The minimum atomic E-state index is 0.169. The van der Waals surface area contributed by atoms with Gasteiger partial charge in [-0.3, -0.25) is 4.79 Å². The van der Waals surface area contributed by atoms with Gasteiger partial charge >= 0.3 is 0 Å². The molecule has 88 valence electrons. The summed E-state index contributed by atoms with van der Waals surface area (Å²) < 4.78 is 6.22. The zero-order chi connectivity index (χ0) is 11.3. The smallest absolute Gasteiger partial charge is 0.223 e. The number of hydrogen-bond donors (Lipinski definition) is 1. The van der Waals surface area contributed by atoms with E-state index in [1.165, 1.54) is 0 Å². The van der Waals surface area contributed by atoms with Gasteiger partial charge in [-0.2, -0.15) is 0 Å². The van der Waals surface area contributed by atoms with Crippen LogP contribution >= 0.6 is 22.6 Å². The molecule has 1 N–H and O–H groups in total. The first kappa shape index (κ1) is 13.2. The van der Waals surface area contributed by atoms with Crippen LogP contribution in [0.1, 0.15) is 26.7 Å². The van der Waals surface area contributed by atoms with Crippen LogP contribution in [0.25, 0.3) is 0 Å². The number of alkyl halides is 1. The van der Waals surface area contributed by atoms with Crippen molar-refractivity contribution < 1.29 is 9.53 Å². The normalized spacial score (nSPS) is 20.3. The van der Waals surface area contributed by atoms with E-state index in [9.17, 15) is 4.79 Å². The van der Waals surface area contributed by atoms with Gasteiger partial charge < -0.3 is 10.1 Å². The number of ether oxygens (including phenoxy) is 1. The lowest BCUT2D eigenvalue weighted by Gasteiger charge is -2.26. The Labute approximate surface area is 105 Å². The first-order chi connectivity index (χ1) is 7.15. The maximum absolute atomic E-state index is 11.9. The number of nitrogens with one attached hydrogen (secondary N) is 1. The molecule has 1 heterocycles. The lowest BCUT2D eigenvalue weighted by Crippen LogP contribution is -2.44. The van der Waals surface area contributed by atoms with Crippen LogP contribution in [0.2, 0.25) is 0 Å². The van der Waals surface area contributed by atoms with Gasteiger partial charge in [-0.15, -0.1) is 0 Å². The zero-order valence-corrected chi connectivity index (χ0v) is 11.6. The molecule has 1 aliphatic heterocycles. The summed E-state index contributed by atoms with van der Waals surface area (Å²) in [5, 5.41) is 3.13. The molecule has 1 fully saturated rings. The molecule has 1 aliphatic rings. The molecule has 0 spiro atoms. The molecule has 0 aromatic heterocycles. The van der Waals surface area contributed by atoms with E-state index in [0.29, 0.717) is 12.0 Å². The van der Waals surface area contributed by atoms with Crippen molar-refractivity contribution in [1.82, 2.24) is 5.32 Å². The quantitative estimate of drug-likeness (QED) is 0.634. The average molecular weight is 325 g/mol. The molecule has 15 heavy (non-hydrogen) atoms. The van der Waals surface area contributed by atoms with Gasteiger partial charge in [0.2, 0.25) is 5.91 Å². The topological polar surface area (TPSA) is 38.3 Å². The van der Waals surface area contributed by atoms with Crippen molar-refractivity contribution in [2.75, 3.05) is 17.6 Å². The summed E-state index contributed by atoms with van der Waals surface area (Å²) in [6, 6.07) is 0.306. The van der Waals surface area contributed by atoms with Gasteiger partial charge in [-0.25, -0.2) is 0 Å². The summed E-state index contributed by atoms with van der Waals surface area (Å²) in [5.41, 5.74) is 0. The standard InChI is InChI=1S/C11H20INO2/c1-8(2)10(7-12)13-11(14)9-3-5-15-6-4-9/h8-10H,3-7H2,1-2H3,(H,13,14). The minimum Gasteiger partial charge on any atom is -0.381 e. The highest BCUT2D eigenvalue weighted by molar-refractivity contribution is 14.1. The Balaban J connectivity index is 2.38. The summed E-state index contributed by atoms with van der Waals surface area (Å²) in [4.78, 5) is 11.9. The van der Waals surface area contributed by atoms with Gasteiger partial charge in [-0.1, -0.05) is 36.4 Å². The van der Waals surface area contributed by atoms with Gasteiger partial charge in [0.25, 0.3) is 0 Å². The van der Waals surface area contributed by atoms with E-state index >= 15 is 0 Å². The van der Waals surface area contributed by atoms with Crippen LogP contribution in [0.4, 0.5) is 0 Å². The second-order valence-corrected chi connectivity index (χ2v) is 5.28. The van der Waals surface area contributed by atoms with E-state index in [-0.39, 0.29) is 11.8 Å². The summed E-state index contributed by atoms with van der Waals surface area (Å²) in [5.74, 6) is 0.891. The maximum atomic E-state index is 11.9. The summed E-state index contributed by atoms with van der Waals surface area (Å²) in [7, 11) is 0. The van der Waals surface area contributed by atoms with Crippen LogP contribution in [-0.4, -0.2) is 29.6 Å². The molecule has 1 rings (SSSR count). The molecule has 0 aromatic carbocycles. The fourth-order valence-corrected chi connectivity index (χ4v) is 2.88. The third kappa shape index (κ3) is 4.26. The van der Waals surface area contributed by atoms with Crippen molar-refractivity contribution in [1.29, 1.82) is 0 Å². The summed E-state index contributed by atoms with van der Waals surface area (Å²) in [6.45, 7) is 5.75. The SMILES string of the molecule is CC(C)C(CI)NC(=O)C1CCOCC1. The second-order valence-electron chi connectivity index (χ2n) is 4.40. The lowest BCUT2D eigenvalue weighted by atomic mass is 9.98. The van der Waals surface area contributed by atoms with E-state index in [4.69, 9.17) is 4.74 Å². The predicted octanol–water partition coefficient (Wildman–Crippen LogP) is 1.99. The van der Waals surface area contributed by atoms with Crippen LogP contribution < -0.4 is 5.32 Å². The van der Waals surface area contributed by atoms with E-state index < -0.39 is 0 Å². The highest BCUT2D eigenvalue weighted by Crippen LogP contribution is 2.16. The third-order valence-electron chi connectivity index (χ3n) is 2.89. The molecular formula is C11H20INO2. The third-order valence-corrected chi connectivity index (χ3v) is 3.84. The molecule has 0 bridgehead atoms. The summed E-state index contributed by atoms with van der Waals surface area (Å²) in [6.07, 6.45) is 1.75. The minimum absolute atomic E-state index is 0.169. The van der Waals surface area contributed by atoms with Gasteiger partial charge in [0.05, 0.1) is 0 Å². The van der Waals surface area contributed by atoms with E-state index in [1.54, 1.807) is 0 Å².